The van der Waals surface area contributed by atoms with E-state index in [2.05, 4.69) is 4.74 Å². The molecule has 0 radical (unpaired) electrons. The fourth-order valence-electron chi connectivity index (χ4n) is 3.32. The number of carboxylic acid groups (broad SMARTS) is 1. The molecule has 0 aliphatic heterocycles. The molecule has 3 aromatic rings. The van der Waals surface area contributed by atoms with Crippen molar-refractivity contribution in [3.63, 3.8) is 0 Å². The molecule has 1 atom stereocenters. The summed E-state index contributed by atoms with van der Waals surface area (Å²) in [5, 5.41) is 10.8. The van der Waals surface area contributed by atoms with Gasteiger partial charge in [-0.2, -0.15) is 22.0 Å². The van der Waals surface area contributed by atoms with Crippen molar-refractivity contribution in [1.29, 1.82) is 0 Å². The quantitative estimate of drug-likeness (QED) is 0.314. The fraction of sp³-hybridized carbons (Fsp3) is 0.217. The number of carbonyl (C=O) groups excluding carboxylic acids is 2. The number of carbonyl (C=O) groups is 3. The van der Waals surface area contributed by atoms with Crippen LogP contribution in [0.1, 0.15) is 12.0 Å². The monoisotopic (exact) mass is 548 g/mol. The molecule has 1 aromatic heterocycles. The highest BCUT2D eigenvalue weighted by Gasteiger charge is 2.31. The van der Waals surface area contributed by atoms with Crippen molar-refractivity contribution < 1.29 is 55.0 Å². The first-order valence-corrected chi connectivity index (χ1v) is 10.4. The number of nitrogens with zero attached hydrogens (tertiary/aromatic N) is 1. The summed E-state index contributed by atoms with van der Waals surface area (Å²) in [6, 6.07) is 1.68. The molecular weight excluding hydrogens is 533 g/mol. The van der Waals surface area contributed by atoms with Gasteiger partial charge in [0.1, 0.15) is 19.2 Å². The van der Waals surface area contributed by atoms with E-state index in [1.54, 1.807) is 0 Å². The number of aliphatic carboxylic acids is 1. The van der Waals surface area contributed by atoms with Gasteiger partial charge < -0.3 is 19.7 Å². The zero-order valence-electron chi connectivity index (χ0n) is 18.7. The number of amides is 1. The van der Waals surface area contributed by atoms with Crippen molar-refractivity contribution in [2.75, 3.05) is 6.61 Å². The summed E-state index contributed by atoms with van der Waals surface area (Å²) in [5.74, 6) is -13.2. The highest BCUT2D eigenvalue weighted by atomic mass is 19.4. The van der Waals surface area contributed by atoms with Crippen molar-refractivity contribution in [3.05, 3.63) is 75.7 Å². The molecule has 1 amide bonds. The van der Waals surface area contributed by atoms with Crippen LogP contribution >= 0.6 is 0 Å². The second-order valence-corrected chi connectivity index (χ2v) is 7.82. The van der Waals surface area contributed by atoms with Gasteiger partial charge in [-0.25, -0.2) is 8.78 Å². The van der Waals surface area contributed by atoms with Crippen molar-refractivity contribution in [1.82, 2.24) is 9.88 Å². The van der Waals surface area contributed by atoms with E-state index in [0.29, 0.717) is 10.6 Å². The van der Waals surface area contributed by atoms with Crippen LogP contribution in [0, 0.1) is 23.3 Å². The summed E-state index contributed by atoms with van der Waals surface area (Å²) < 4.78 is 98.2. The molecule has 38 heavy (non-hydrogen) atoms. The Morgan fingerprint density at radius 1 is 1.00 bits per heavy atom. The average Bonchev–Trinajstić information content (AvgIpc) is 2.83. The van der Waals surface area contributed by atoms with Crippen LogP contribution in [0.4, 0.5) is 30.7 Å². The maximum absolute atomic E-state index is 13.7. The number of aromatic nitrogens is 1. The van der Waals surface area contributed by atoms with Gasteiger partial charge >= 0.3 is 12.1 Å². The first-order chi connectivity index (χ1) is 17.7. The van der Waals surface area contributed by atoms with Gasteiger partial charge in [0.25, 0.3) is 5.56 Å². The number of pyridine rings is 1. The minimum atomic E-state index is -4.74. The molecule has 3 rings (SSSR count). The Hall–Kier alpha value is -4.43. The average molecular weight is 548 g/mol. The standard InChI is InChI=1S/C23H15F7N2O6/c24-13-6-14(25)20(27)21(19(13)26)38-9-16(33)15(7-18(35)36)31-17(34)8-32-4-3-10-1-2-11(23(28,29)30)5-12(10)22(32)37/h1-6,15H,7-9H2,(H,31,34)(H,35,36). The van der Waals surface area contributed by atoms with Crippen molar-refractivity contribution in [2.24, 2.45) is 0 Å². The summed E-state index contributed by atoms with van der Waals surface area (Å²) in [5.41, 5.74) is -2.10. The highest BCUT2D eigenvalue weighted by molar-refractivity contribution is 5.93. The number of hydrogen-bond donors (Lipinski definition) is 2. The Morgan fingerprint density at radius 2 is 1.63 bits per heavy atom. The number of nitrogens with one attached hydrogen (secondary N) is 1. The molecule has 0 bridgehead atoms. The predicted octanol–water partition coefficient (Wildman–Crippen LogP) is 3.18. The molecule has 0 spiro atoms. The van der Waals surface area contributed by atoms with Crippen LogP contribution in [-0.4, -0.2) is 40.0 Å². The van der Waals surface area contributed by atoms with Crippen molar-refractivity contribution >= 4 is 28.4 Å². The minimum Gasteiger partial charge on any atom is -0.481 e. The number of halogens is 7. The van der Waals surface area contributed by atoms with E-state index in [9.17, 15) is 49.9 Å². The van der Waals surface area contributed by atoms with Gasteiger partial charge in [0.2, 0.25) is 17.5 Å². The van der Waals surface area contributed by atoms with Gasteiger partial charge in [-0.3, -0.25) is 19.2 Å². The van der Waals surface area contributed by atoms with E-state index in [0.717, 1.165) is 18.3 Å². The number of Topliss-reactive ketones (excluding diaryl/α,β-unsaturated/α-hetero) is 1. The third-order valence-electron chi connectivity index (χ3n) is 5.15. The lowest BCUT2D eigenvalue weighted by Crippen LogP contribution is -2.46. The highest BCUT2D eigenvalue weighted by Crippen LogP contribution is 2.30. The van der Waals surface area contributed by atoms with Crippen LogP contribution in [0.2, 0.25) is 0 Å². The Bertz CT molecular complexity index is 1460. The van der Waals surface area contributed by atoms with E-state index < -0.39 is 89.6 Å². The van der Waals surface area contributed by atoms with Gasteiger partial charge in [-0.1, -0.05) is 6.07 Å². The number of carboxylic acids is 1. The van der Waals surface area contributed by atoms with Crippen LogP contribution in [0.25, 0.3) is 10.8 Å². The van der Waals surface area contributed by atoms with E-state index >= 15 is 0 Å². The number of ketones is 1. The molecule has 0 saturated heterocycles. The van der Waals surface area contributed by atoms with Gasteiger partial charge in [-0.05, 0) is 23.6 Å². The third kappa shape index (κ3) is 6.27. The maximum Gasteiger partial charge on any atom is 0.416 e. The molecule has 1 unspecified atom stereocenters. The number of hydrogen-bond acceptors (Lipinski definition) is 5. The number of fused-ring (bicyclic) bond motifs is 1. The second kappa shape index (κ2) is 10.9. The number of ether oxygens (including phenoxy) is 1. The molecule has 2 N–H and O–H groups in total. The largest absolute Gasteiger partial charge is 0.481 e. The topological polar surface area (TPSA) is 115 Å². The van der Waals surface area contributed by atoms with Gasteiger partial charge in [0.05, 0.1) is 12.0 Å². The molecular formula is C23H15F7N2O6. The van der Waals surface area contributed by atoms with Crippen LogP contribution in [0.15, 0.2) is 41.3 Å². The molecule has 15 heteroatoms. The van der Waals surface area contributed by atoms with E-state index in [1.165, 1.54) is 6.07 Å². The first-order valence-electron chi connectivity index (χ1n) is 10.4. The molecule has 8 nitrogen and oxygen atoms in total. The van der Waals surface area contributed by atoms with Gasteiger partial charge in [0.15, 0.2) is 23.2 Å². The lowest BCUT2D eigenvalue weighted by atomic mass is 10.1. The summed E-state index contributed by atoms with van der Waals surface area (Å²) in [7, 11) is 0. The van der Waals surface area contributed by atoms with Crippen molar-refractivity contribution in [3.8, 4) is 5.75 Å². The maximum atomic E-state index is 13.7. The fourth-order valence-corrected chi connectivity index (χ4v) is 3.32. The number of alkyl halides is 3. The smallest absolute Gasteiger partial charge is 0.416 e. The van der Waals surface area contributed by atoms with E-state index in [1.807, 2.05) is 5.32 Å². The summed E-state index contributed by atoms with van der Waals surface area (Å²) >= 11 is 0. The normalized spacial score (nSPS) is 12.3. The Balaban J connectivity index is 1.78. The summed E-state index contributed by atoms with van der Waals surface area (Å²) in [6.07, 6.45) is -4.72. The number of rotatable bonds is 9. The second-order valence-electron chi connectivity index (χ2n) is 7.82. The third-order valence-corrected chi connectivity index (χ3v) is 5.15. The molecule has 0 saturated carbocycles. The Labute approximate surface area is 207 Å². The summed E-state index contributed by atoms with van der Waals surface area (Å²) in [6.45, 7) is -2.17. The van der Waals surface area contributed by atoms with Crippen LogP contribution < -0.4 is 15.6 Å². The SMILES string of the molecule is O=C(O)CC(NC(=O)Cn1ccc2ccc(C(F)(F)F)cc2c1=O)C(=O)COc1c(F)c(F)cc(F)c1F. The lowest BCUT2D eigenvalue weighted by molar-refractivity contribution is -0.140. The van der Waals surface area contributed by atoms with Crippen LogP contribution in [-0.2, 0) is 27.1 Å². The predicted molar refractivity (Wildman–Crippen MR) is 114 cm³/mol. The molecule has 0 fully saturated rings. The Kier molecular flexibility index (Phi) is 8.07. The van der Waals surface area contributed by atoms with E-state index in [-0.39, 0.29) is 16.8 Å². The number of benzene rings is 2. The summed E-state index contributed by atoms with van der Waals surface area (Å²) in [4.78, 5) is 48.6. The lowest BCUT2D eigenvalue weighted by Gasteiger charge is -2.17. The van der Waals surface area contributed by atoms with Gasteiger partial charge in [0, 0.05) is 17.6 Å². The van der Waals surface area contributed by atoms with Crippen molar-refractivity contribution in [2.45, 2.75) is 25.2 Å². The molecule has 2 aromatic carbocycles. The molecule has 0 aliphatic carbocycles. The Morgan fingerprint density at radius 3 is 2.21 bits per heavy atom. The zero-order valence-corrected chi connectivity index (χ0v) is 18.7. The van der Waals surface area contributed by atoms with Crippen LogP contribution in [0.3, 0.4) is 0 Å². The van der Waals surface area contributed by atoms with Gasteiger partial charge in [-0.15, -0.1) is 0 Å². The molecule has 1 heterocycles. The molecule has 202 valence electrons. The zero-order chi connectivity index (χ0) is 28.4. The van der Waals surface area contributed by atoms with E-state index in [4.69, 9.17) is 5.11 Å². The minimum absolute atomic E-state index is 0.106. The molecule has 0 aliphatic rings. The van der Waals surface area contributed by atoms with Crippen LogP contribution in [0.5, 0.6) is 5.75 Å². The first kappa shape index (κ1) is 28.1.